The number of hydrogen-bond donors (Lipinski definition) is 7. The highest BCUT2D eigenvalue weighted by molar-refractivity contribution is 7.72. The van der Waals surface area contributed by atoms with E-state index in [0.29, 0.717) is 126 Å². The highest BCUT2D eigenvalue weighted by Crippen LogP contribution is 2.41. The number of imidazole rings is 2. The third kappa shape index (κ3) is 18.1. The first kappa shape index (κ1) is 57.7. The molecule has 0 amide bonds. The molecule has 70 heavy (non-hydrogen) atoms. The lowest BCUT2D eigenvalue weighted by Gasteiger charge is -2.18. The maximum absolute atomic E-state index is 10.7. The van der Waals surface area contributed by atoms with Crippen molar-refractivity contribution in [1.29, 1.82) is 0 Å². The van der Waals surface area contributed by atoms with Crippen molar-refractivity contribution in [2.24, 2.45) is 5.73 Å². The minimum absolute atomic E-state index is 0.424. The second kappa shape index (κ2) is 29.5. The number of aliphatic hydroxyl groups excluding tert-OH is 4. The van der Waals surface area contributed by atoms with Crippen LogP contribution in [0.25, 0.3) is 22.3 Å². The van der Waals surface area contributed by atoms with Gasteiger partial charge in [-0.3, -0.25) is 9.13 Å². The molecule has 2 aliphatic rings. The van der Waals surface area contributed by atoms with Crippen molar-refractivity contribution in [2.45, 2.75) is 94.5 Å². The lowest BCUT2D eigenvalue weighted by Crippen LogP contribution is -2.31. The second-order valence-electron chi connectivity index (χ2n) is 18.8. The molecule has 0 unspecified atom stereocenters. The number of fused-ring (bicyclic) bond motifs is 2. The van der Waals surface area contributed by atoms with Crippen LogP contribution in [0.3, 0.4) is 0 Å². The molecule has 0 saturated carbocycles. The minimum atomic E-state index is -1.27. The predicted octanol–water partition coefficient (Wildman–Crippen LogP) is 2.54. The van der Waals surface area contributed by atoms with Gasteiger partial charge in [-0.25, -0.2) is 29.9 Å². The molecule has 8 N–H and O–H groups in total. The Hall–Kier alpha value is -3.18. The van der Waals surface area contributed by atoms with Gasteiger partial charge >= 0.3 is 0 Å². The van der Waals surface area contributed by atoms with Gasteiger partial charge in [-0.1, -0.05) is 13.3 Å². The Bertz CT molecular complexity index is 2210. The first-order chi connectivity index (χ1) is 33.6. The van der Waals surface area contributed by atoms with Crippen LogP contribution >= 0.6 is 13.8 Å². The molecule has 2 aliphatic heterocycles. The van der Waals surface area contributed by atoms with Gasteiger partial charge in [-0.05, 0) is 77.6 Å². The number of nitrogens with two attached hydrogens (primary N) is 1. The summed E-state index contributed by atoms with van der Waals surface area (Å²) in [4.78, 5) is 26.1. The molecule has 0 aromatic carbocycles. The number of hydrogen-bond acceptors (Lipinski definition) is 20. The molecular weight excluding hydrogens is 945 g/mol. The quantitative estimate of drug-likeness (QED) is 0.0273. The minimum Gasteiger partial charge on any atom is -0.388 e. The summed E-state index contributed by atoms with van der Waals surface area (Å²) in [6.45, 7) is 15.7. The van der Waals surface area contributed by atoms with E-state index in [4.69, 9.17) is 38.9 Å². The summed E-state index contributed by atoms with van der Waals surface area (Å²) < 4.78 is 42.8. The Labute approximate surface area is 412 Å². The normalized spacial score (nSPS) is 22.8. The monoisotopic (exact) mass is 1030 g/mol. The number of nitrogens with one attached hydrogen (secondary N) is 2. The summed E-state index contributed by atoms with van der Waals surface area (Å²) in [5, 5.41) is 48.8. The zero-order valence-electron chi connectivity index (χ0n) is 41.9. The molecule has 22 nitrogen and oxygen atoms in total. The number of anilines is 2. The Morgan fingerprint density at radius 3 is 1.34 bits per heavy atom. The van der Waals surface area contributed by atoms with Gasteiger partial charge in [0, 0.05) is 26.3 Å². The van der Waals surface area contributed by atoms with E-state index in [9.17, 15) is 20.4 Å². The van der Waals surface area contributed by atoms with E-state index >= 15 is 0 Å². The Balaban J connectivity index is 0.000000289. The van der Waals surface area contributed by atoms with Crippen LogP contribution in [0.4, 0.5) is 11.6 Å². The Morgan fingerprint density at radius 1 is 0.571 bits per heavy atom. The number of rotatable bonds is 32. The van der Waals surface area contributed by atoms with Crippen molar-refractivity contribution in [1.82, 2.24) is 39.0 Å². The van der Waals surface area contributed by atoms with E-state index in [0.717, 1.165) is 44.6 Å². The molecule has 0 spiro atoms. The van der Waals surface area contributed by atoms with Gasteiger partial charge < -0.3 is 70.0 Å². The van der Waals surface area contributed by atoms with Crippen LogP contribution in [0.1, 0.15) is 57.9 Å². The van der Waals surface area contributed by atoms with Gasteiger partial charge in [0.05, 0.1) is 77.7 Å². The molecule has 24 heteroatoms. The molecule has 0 aliphatic carbocycles. The predicted molar refractivity (Wildman–Crippen MR) is 278 cm³/mol. The highest BCUT2D eigenvalue weighted by Gasteiger charge is 2.45. The van der Waals surface area contributed by atoms with Gasteiger partial charge in [-0.2, -0.15) is 0 Å². The van der Waals surface area contributed by atoms with Crippen LogP contribution in [0.15, 0.2) is 25.3 Å². The van der Waals surface area contributed by atoms with Gasteiger partial charge in [0.1, 0.15) is 37.1 Å². The van der Waals surface area contributed by atoms with Crippen molar-refractivity contribution in [3.63, 3.8) is 0 Å². The summed E-state index contributed by atoms with van der Waals surface area (Å²) in [6, 6.07) is 0. The fourth-order valence-corrected chi connectivity index (χ4v) is 9.52. The van der Waals surface area contributed by atoms with Crippen LogP contribution in [0, 0.1) is 0 Å². The largest absolute Gasteiger partial charge is 0.388 e. The van der Waals surface area contributed by atoms with Crippen molar-refractivity contribution in [3.8, 4) is 0 Å². The van der Waals surface area contributed by atoms with Crippen molar-refractivity contribution >= 4 is 60.3 Å². The Morgan fingerprint density at radius 2 is 0.957 bits per heavy atom. The van der Waals surface area contributed by atoms with Crippen molar-refractivity contribution in [3.05, 3.63) is 25.3 Å². The lowest BCUT2D eigenvalue weighted by atomic mass is 10.1. The maximum atomic E-state index is 10.7. The van der Waals surface area contributed by atoms with E-state index in [1.165, 1.54) is 12.7 Å². The molecule has 396 valence electrons. The number of unbranched alkanes of at least 4 members (excludes halogenated alkanes) is 1. The topological polar surface area (TPSA) is 283 Å². The average Bonchev–Trinajstić information content (AvgIpc) is 4.09. The summed E-state index contributed by atoms with van der Waals surface area (Å²) in [6.07, 6.45) is 14.9. The van der Waals surface area contributed by atoms with E-state index < -0.39 is 62.9 Å². The van der Waals surface area contributed by atoms with E-state index in [1.807, 2.05) is 0 Å². The molecule has 6 heterocycles. The molecule has 0 bridgehead atoms. The summed E-state index contributed by atoms with van der Waals surface area (Å²) in [5.74, 6) is 1.25. The smallest absolute Gasteiger partial charge is 0.167 e. The molecule has 2 saturated heterocycles. The molecule has 6 rings (SSSR count). The van der Waals surface area contributed by atoms with E-state index in [2.05, 4.69) is 86.7 Å². The SMILES string of the molecule is C=P(C)(C)CC[C@H]1O[C@@H](n2cnc3c(NCCCC)ncnc32)[C@H](O)[C@@H]1O.C=P(C)(C)CC[C@H]1O[C@@H](n2cnc3c(NCCCOCCOCCOCCOCCOCCCN)ncnc32)[C@H](O)[C@@H]1O. The van der Waals surface area contributed by atoms with Crippen LogP contribution in [0.5, 0.6) is 0 Å². The number of aliphatic hydroxyl groups is 4. The van der Waals surface area contributed by atoms with Crippen LogP contribution < -0.4 is 16.4 Å². The van der Waals surface area contributed by atoms with Crippen LogP contribution in [-0.2, 0) is 33.2 Å². The molecule has 0 radical (unpaired) electrons. The summed E-state index contributed by atoms with van der Waals surface area (Å²) in [7, 11) is 0. The molecular formula is C46H81N11O11P2. The fourth-order valence-electron chi connectivity index (χ4n) is 7.62. The maximum Gasteiger partial charge on any atom is 0.167 e. The first-order valence-corrected chi connectivity index (χ1v) is 30.5. The zero-order valence-corrected chi connectivity index (χ0v) is 43.7. The van der Waals surface area contributed by atoms with Crippen LogP contribution in [-0.4, -0.2) is 233 Å². The standard InChI is InChI=1S/C28H51N6O8P.C18H30N5O3P/c1-43(2,3)19-6-22-24(35)25(36)28(42-22)34-21-33-23-26(31-20-32-27(23)34)30-8-5-10-38-12-14-40-16-18-41-17-15-39-13-11-37-9-4-7-29;1-5-6-8-19-16-13-17(21-10-20-16)23(11-22-13)18-15(25)14(24)12(26-18)7-9-27(2,3)4/h20-22,24-25,28,35-36H,1,4-19,29H2,2-3H3,(H,30,31,32);10-12,14-15,18,24-25H,2,5-9H2,1,3-4H3,(H,19,20,21)/t22-,24-,25-,28-;12-,14-,15-,18-/m11/s1. The number of ether oxygens (including phenoxy) is 7. The van der Waals surface area contributed by atoms with Gasteiger partial charge in [0.2, 0.25) is 0 Å². The lowest BCUT2D eigenvalue weighted by molar-refractivity contribution is -0.0353. The number of aromatic nitrogens is 8. The van der Waals surface area contributed by atoms with E-state index in [-0.39, 0.29) is 0 Å². The Kier molecular flexibility index (Phi) is 24.3. The van der Waals surface area contributed by atoms with Gasteiger partial charge in [-0.15, -0.1) is 26.4 Å². The van der Waals surface area contributed by atoms with Gasteiger partial charge in [0.15, 0.2) is 46.4 Å². The van der Waals surface area contributed by atoms with E-state index in [1.54, 1.807) is 21.8 Å². The third-order valence-electron chi connectivity index (χ3n) is 11.5. The molecule has 8 atom stereocenters. The van der Waals surface area contributed by atoms with Crippen molar-refractivity contribution in [2.75, 3.05) is 135 Å². The summed E-state index contributed by atoms with van der Waals surface area (Å²) in [5.41, 5.74) is 7.70. The molecule has 4 aromatic rings. The average molecular weight is 1030 g/mol. The number of nitrogens with zero attached hydrogens (tertiary/aromatic N) is 8. The first-order valence-electron chi connectivity index (χ1n) is 24.4. The van der Waals surface area contributed by atoms with Crippen molar-refractivity contribution < 1.29 is 53.6 Å². The molecule has 4 aromatic heterocycles. The highest BCUT2D eigenvalue weighted by atomic mass is 31.2. The fraction of sp³-hybridized carbons (Fsp3) is 0.739. The van der Waals surface area contributed by atoms with Gasteiger partial charge in [0.25, 0.3) is 0 Å². The second-order valence-corrected chi connectivity index (χ2v) is 27.5. The van der Waals surface area contributed by atoms with Crippen LogP contribution in [0.2, 0.25) is 0 Å². The third-order valence-corrected chi connectivity index (χ3v) is 14.5. The molecule has 2 fully saturated rings. The summed E-state index contributed by atoms with van der Waals surface area (Å²) >= 11 is 0. The zero-order chi connectivity index (χ0) is 50.5.